The molecule has 0 spiro atoms. The number of allylic oxidation sites excluding steroid dienone is 1. The van der Waals surface area contributed by atoms with Crippen molar-refractivity contribution in [3.8, 4) is 0 Å². The molecule has 0 N–H and O–H groups in total. The molecule has 1 heteroatoms. The molecule has 1 aromatic heterocycles. The van der Waals surface area contributed by atoms with Gasteiger partial charge < -0.3 is 0 Å². The van der Waals surface area contributed by atoms with Crippen molar-refractivity contribution in [1.82, 2.24) is 4.98 Å². The summed E-state index contributed by atoms with van der Waals surface area (Å²) >= 11 is 0. The molecule has 2 rings (SSSR count). The van der Waals surface area contributed by atoms with Crippen LogP contribution in [0.1, 0.15) is 18.1 Å². The first kappa shape index (κ1) is 9.66. The van der Waals surface area contributed by atoms with Gasteiger partial charge in [-0.2, -0.15) is 0 Å². The fourth-order valence-corrected chi connectivity index (χ4v) is 1.64. The zero-order chi connectivity index (χ0) is 10.5. The Bertz CT molecular complexity index is 402. The van der Waals surface area contributed by atoms with E-state index in [1.807, 2.05) is 18.3 Å². The molecule has 1 aromatic carbocycles. The van der Waals surface area contributed by atoms with E-state index in [0.717, 1.165) is 5.56 Å². The van der Waals surface area contributed by atoms with Crippen molar-refractivity contribution in [2.24, 2.45) is 0 Å². The maximum absolute atomic E-state index is 4.14. The van der Waals surface area contributed by atoms with Gasteiger partial charge in [-0.05, 0) is 24.1 Å². The molecular weight excluding hydrogens is 182 g/mol. The summed E-state index contributed by atoms with van der Waals surface area (Å²) in [6.07, 6.45) is 5.80. The minimum Gasteiger partial charge on any atom is -0.264 e. The van der Waals surface area contributed by atoms with Crippen molar-refractivity contribution < 1.29 is 0 Å². The Kier molecular flexibility index (Phi) is 2.93. The lowest BCUT2D eigenvalue weighted by molar-refractivity contribution is 1.30. The van der Waals surface area contributed by atoms with Gasteiger partial charge in [0.1, 0.15) is 0 Å². The van der Waals surface area contributed by atoms with Crippen LogP contribution in [-0.2, 0) is 0 Å². The van der Waals surface area contributed by atoms with Gasteiger partial charge in [-0.3, -0.25) is 4.98 Å². The van der Waals surface area contributed by atoms with E-state index in [4.69, 9.17) is 0 Å². The summed E-state index contributed by atoms with van der Waals surface area (Å²) in [7, 11) is 0. The van der Waals surface area contributed by atoms with Gasteiger partial charge in [0.15, 0.2) is 0 Å². The second kappa shape index (κ2) is 4.56. The lowest BCUT2D eigenvalue weighted by Gasteiger charge is -2.06. The number of hydrogen-bond donors (Lipinski definition) is 0. The van der Waals surface area contributed by atoms with Crippen molar-refractivity contribution in [3.05, 3.63) is 72.1 Å². The molecule has 0 aliphatic rings. The first-order chi connectivity index (χ1) is 7.42. The zero-order valence-corrected chi connectivity index (χ0v) is 8.72. The summed E-state index contributed by atoms with van der Waals surface area (Å²) in [5.74, 6) is 0. The van der Waals surface area contributed by atoms with Crippen LogP contribution in [-0.4, -0.2) is 4.98 Å². The SMILES string of the molecule is C/C=C(\c1ccccc1)c1cccnc1. The normalized spacial score (nSPS) is 11.4. The molecule has 0 bridgehead atoms. The highest BCUT2D eigenvalue weighted by molar-refractivity contribution is 5.78. The molecule has 0 radical (unpaired) electrons. The third-order valence-electron chi connectivity index (χ3n) is 2.35. The Morgan fingerprint density at radius 1 is 1.00 bits per heavy atom. The fraction of sp³-hybridized carbons (Fsp3) is 0.0714. The number of hydrogen-bond acceptors (Lipinski definition) is 1. The summed E-state index contributed by atoms with van der Waals surface area (Å²) in [5, 5.41) is 0. The predicted molar refractivity (Wildman–Crippen MR) is 63.4 cm³/mol. The van der Waals surface area contributed by atoms with Crippen LogP contribution in [0.4, 0.5) is 0 Å². The molecule has 0 unspecified atom stereocenters. The monoisotopic (exact) mass is 195 g/mol. The quantitative estimate of drug-likeness (QED) is 0.714. The van der Waals surface area contributed by atoms with Gasteiger partial charge in [0.25, 0.3) is 0 Å². The van der Waals surface area contributed by atoms with Crippen molar-refractivity contribution in [1.29, 1.82) is 0 Å². The Labute approximate surface area is 90.1 Å². The lowest BCUT2D eigenvalue weighted by Crippen LogP contribution is -1.87. The van der Waals surface area contributed by atoms with E-state index in [2.05, 4.69) is 48.3 Å². The average Bonchev–Trinajstić information content (AvgIpc) is 2.33. The second-order valence-electron chi connectivity index (χ2n) is 3.31. The summed E-state index contributed by atoms with van der Waals surface area (Å²) in [4.78, 5) is 4.14. The molecule has 0 aliphatic carbocycles. The van der Waals surface area contributed by atoms with Crippen molar-refractivity contribution in [2.75, 3.05) is 0 Å². The minimum atomic E-state index is 1.16. The number of aromatic nitrogens is 1. The van der Waals surface area contributed by atoms with E-state index in [1.165, 1.54) is 11.1 Å². The Balaban J connectivity index is 2.44. The highest BCUT2D eigenvalue weighted by Crippen LogP contribution is 2.21. The number of rotatable bonds is 2. The first-order valence-corrected chi connectivity index (χ1v) is 5.04. The van der Waals surface area contributed by atoms with E-state index in [0.29, 0.717) is 0 Å². The second-order valence-corrected chi connectivity index (χ2v) is 3.31. The lowest BCUT2D eigenvalue weighted by atomic mass is 9.99. The van der Waals surface area contributed by atoms with Gasteiger partial charge in [-0.25, -0.2) is 0 Å². The van der Waals surface area contributed by atoms with Crippen molar-refractivity contribution >= 4 is 5.57 Å². The minimum absolute atomic E-state index is 1.16. The molecule has 2 aromatic rings. The van der Waals surface area contributed by atoms with Crippen LogP contribution < -0.4 is 0 Å². The van der Waals surface area contributed by atoms with Crippen molar-refractivity contribution in [3.63, 3.8) is 0 Å². The van der Waals surface area contributed by atoms with Gasteiger partial charge >= 0.3 is 0 Å². The first-order valence-electron chi connectivity index (χ1n) is 5.04. The Morgan fingerprint density at radius 3 is 2.33 bits per heavy atom. The molecule has 0 saturated heterocycles. The molecule has 0 atom stereocenters. The van der Waals surface area contributed by atoms with Gasteiger partial charge in [0.2, 0.25) is 0 Å². The smallest absolute Gasteiger partial charge is 0.0346 e. The van der Waals surface area contributed by atoms with Gasteiger partial charge in [0.05, 0.1) is 0 Å². The van der Waals surface area contributed by atoms with E-state index in [9.17, 15) is 0 Å². The van der Waals surface area contributed by atoms with E-state index in [1.54, 1.807) is 6.20 Å². The molecule has 1 nitrogen and oxygen atoms in total. The zero-order valence-electron chi connectivity index (χ0n) is 8.72. The Hall–Kier alpha value is -1.89. The van der Waals surface area contributed by atoms with Crippen LogP contribution in [0.25, 0.3) is 5.57 Å². The fourth-order valence-electron chi connectivity index (χ4n) is 1.64. The molecule has 0 fully saturated rings. The third kappa shape index (κ3) is 2.13. The Morgan fingerprint density at radius 2 is 1.73 bits per heavy atom. The summed E-state index contributed by atoms with van der Waals surface area (Å²) < 4.78 is 0. The van der Waals surface area contributed by atoms with Crippen LogP contribution in [0.5, 0.6) is 0 Å². The molecule has 1 heterocycles. The summed E-state index contributed by atoms with van der Waals surface area (Å²) in [6, 6.07) is 14.4. The maximum atomic E-state index is 4.14. The number of benzene rings is 1. The van der Waals surface area contributed by atoms with Crippen molar-refractivity contribution in [2.45, 2.75) is 6.92 Å². The molecule has 0 saturated carbocycles. The highest BCUT2D eigenvalue weighted by Gasteiger charge is 2.01. The highest BCUT2D eigenvalue weighted by atomic mass is 14.6. The van der Waals surface area contributed by atoms with Crippen LogP contribution in [0.3, 0.4) is 0 Å². The standard InChI is InChI=1S/C14H13N/c1-2-14(12-7-4-3-5-8-12)13-9-6-10-15-11-13/h2-11H,1H3/b14-2+. The van der Waals surface area contributed by atoms with Crippen LogP contribution >= 0.6 is 0 Å². The molecular formula is C14H13N. The summed E-state index contributed by atoms with van der Waals surface area (Å²) in [5.41, 5.74) is 3.61. The van der Waals surface area contributed by atoms with E-state index in [-0.39, 0.29) is 0 Å². The van der Waals surface area contributed by atoms with Crippen LogP contribution in [0.2, 0.25) is 0 Å². The molecule has 0 amide bonds. The van der Waals surface area contributed by atoms with Gasteiger partial charge in [0, 0.05) is 18.0 Å². The van der Waals surface area contributed by atoms with E-state index < -0.39 is 0 Å². The average molecular weight is 195 g/mol. The maximum Gasteiger partial charge on any atom is 0.0346 e. The number of nitrogens with zero attached hydrogens (tertiary/aromatic N) is 1. The third-order valence-corrected chi connectivity index (χ3v) is 2.35. The predicted octanol–water partition coefficient (Wildman–Crippen LogP) is 3.53. The van der Waals surface area contributed by atoms with Crippen LogP contribution in [0, 0.1) is 0 Å². The van der Waals surface area contributed by atoms with Crippen LogP contribution in [0.15, 0.2) is 60.9 Å². The molecule has 15 heavy (non-hydrogen) atoms. The van der Waals surface area contributed by atoms with E-state index >= 15 is 0 Å². The molecule has 0 aliphatic heterocycles. The van der Waals surface area contributed by atoms with Gasteiger partial charge in [-0.1, -0.05) is 42.5 Å². The number of pyridine rings is 1. The topological polar surface area (TPSA) is 12.9 Å². The van der Waals surface area contributed by atoms with Gasteiger partial charge in [-0.15, -0.1) is 0 Å². The summed E-state index contributed by atoms with van der Waals surface area (Å²) in [6.45, 7) is 2.05. The molecule has 74 valence electrons. The largest absolute Gasteiger partial charge is 0.264 e.